The van der Waals surface area contributed by atoms with Crippen LogP contribution >= 0.6 is 11.3 Å². The quantitative estimate of drug-likeness (QED) is 0.422. The molecule has 1 amide bonds. The number of carbonyl (C=O) groups excluding carboxylic acids is 2. The van der Waals surface area contributed by atoms with Crippen molar-refractivity contribution in [3.63, 3.8) is 0 Å². The molecule has 27 heavy (non-hydrogen) atoms. The highest BCUT2D eigenvalue weighted by atomic mass is 32.1. The molecule has 0 bridgehead atoms. The van der Waals surface area contributed by atoms with Crippen LogP contribution in [0, 0.1) is 12.7 Å². The molecule has 136 valence electrons. The van der Waals surface area contributed by atoms with Crippen molar-refractivity contribution >= 4 is 34.6 Å². The van der Waals surface area contributed by atoms with Gasteiger partial charge in [0.2, 0.25) is 0 Å². The van der Waals surface area contributed by atoms with E-state index in [0.29, 0.717) is 10.6 Å². The number of Topliss-reactive ketones (excluding diaryl/α,β-unsaturated/α-hetero) is 1. The number of anilines is 1. The summed E-state index contributed by atoms with van der Waals surface area (Å²) in [6.45, 7) is 1.67. The smallest absolute Gasteiger partial charge is 0.301 e. The van der Waals surface area contributed by atoms with Gasteiger partial charge in [0.05, 0.1) is 5.57 Å². The Labute approximate surface area is 157 Å². The van der Waals surface area contributed by atoms with Crippen molar-refractivity contribution in [2.45, 2.75) is 13.0 Å². The lowest BCUT2D eigenvalue weighted by molar-refractivity contribution is -0.132. The maximum Gasteiger partial charge on any atom is 0.301 e. The number of aliphatic hydroxyl groups is 1. The van der Waals surface area contributed by atoms with Gasteiger partial charge >= 0.3 is 5.91 Å². The van der Waals surface area contributed by atoms with Crippen LogP contribution in [0.25, 0.3) is 5.76 Å². The molecule has 6 nitrogen and oxygen atoms in total. The number of nitrogens with zero attached hydrogens (tertiary/aromatic N) is 2. The van der Waals surface area contributed by atoms with Crippen LogP contribution in [0.5, 0.6) is 0 Å². The van der Waals surface area contributed by atoms with Crippen molar-refractivity contribution in [2.75, 3.05) is 4.90 Å². The van der Waals surface area contributed by atoms with Crippen molar-refractivity contribution in [3.8, 4) is 0 Å². The summed E-state index contributed by atoms with van der Waals surface area (Å²) in [6.07, 6.45) is 0. The Morgan fingerprint density at radius 2 is 2.00 bits per heavy atom. The molecule has 1 fully saturated rings. The summed E-state index contributed by atoms with van der Waals surface area (Å²) in [4.78, 5) is 27.3. The molecule has 3 aromatic rings. The minimum atomic E-state index is -0.848. The minimum absolute atomic E-state index is 0.0743. The van der Waals surface area contributed by atoms with Gasteiger partial charge in [-0.25, -0.2) is 4.39 Å². The second-order valence-corrected chi connectivity index (χ2v) is 6.97. The van der Waals surface area contributed by atoms with Crippen LogP contribution in [0.3, 0.4) is 0 Å². The number of aliphatic hydroxyl groups excluding tert-OH is 1. The molecule has 0 radical (unpaired) electrons. The zero-order chi connectivity index (χ0) is 19.1. The third kappa shape index (κ3) is 2.83. The first-order chi connectivity index (χ1) is 13.0. The predicted octanol–water partition coefficient (Wildman–Crippen LogP) is 3.81. The highest BCUT2D eigenvalue weighted by Crippen LogP contribution is 2.43. The monoisotopic (exact) mass is 384 g/mol. The third-order valence-corrected chi connectivity index (χ3v) is 5.16. The van der Waals surface area contributed by atoms with E-state index in [2.05, 4.69) is 5.16 Å². The number of thiophene rings is 1. The van der Waals surface area contributed by atoms with Crippen LogP contribution in [-0.4, -0.2) is 22.0 Å². The Hall–Kier alpha value is -3.26. The normalized spacial score (nSPS) is 19.0. The standard InChI is InChI=1S/C19H13FN2O4S/c1-10-9-14(21-26-10)22-16(13-3-2-8-27-13)15(18(24)19(22)25)17(23)11-4-6-12(20)7-5-11/h2-9,16,23H,1H3/t16-/m0/s1. The molecule has 0 unspecified atom stereocenters. The summed E-state index contributed by atoms with van der Waals surface area (Å²) in [5.74, 6) is -1.82. The summed E-state index contributed by atoms with van der Waals surface area (Å²) >= 11 is 1.34. The lowest BCUT2D eigenvalue weighted by Crippen LogP contribution is -2.29. The van der Waals surface area contributed by atoms with Crippen LogP contribution in [0.4, 0.5) is 10.2 Å². The van der Waals surface area contributed by atoms with E-state index in [1.165, 1.54) is 40.5 Å². The van der Waals surface area contributed by atoms with Crippen LogP contribution < -0.4 is 4.90 Å². The van der Waals surface area contributed by atoms with Crippen LogP contribution in [0.1, 0.15) is 22.2 Å². The van der Waals surface area contributed by atoms with Crippen molar-refractivity contribution in [1.82, 2.24) is 5.16 Å². The number of rotatable bonds is 3. The second kappa shape index (κ2) is 6.48. The zero-order valence-corrected chi connectivity index (χ0v) is 14.9. The average Bonchev–Trinajstić information content (AvgIpc) is 3.37. The van der Waals surface area contributed by atoms with Crippen LogP contribution in [0.15, 0.2) is 57.9 Å². The maximum absolute atomic E-state index is 13.2. The molecule has 1 aliphatic heterocycles. The van der Waals surface area contributed by atoms with Gasteiger partial charge in [0.25, 0.3) is 5.78 Å². The number of amides is 1. The summed E-state index contributed by atoms with van der Waals surface area (Å²) in [6, 6.07) is 9.29. The average molecular weight is 384 g/mol. The van der Waals surface area contributed by atoms with Gasteiger partial charge in [-0.05, 0) is 42.6 Å². The van der Waals surface area contributed by atoms with E-state index in [-0.39, 0.29) is 22.7 Å². The van der Waals surface area contributed by atoms with Gasteiger partial charge in [-0.1, -0.05) is 11.2 Å². The summed E-state index contributed by atoms with van der Waals surface area (Å²) in [5.41, 5.74) is 0.169. The molecule has 1 atom stereocenters. The van der Waals surface area contributed by atoms with Crippen molar-refractivity contribution in [3.05, 3.63) is 75.4 Å². The van der Waals surface area contributed by atoms with E-state index in [4.69, 9.17) is 4.52 Å². The summed E-state index contributed by atoms with van der Waals surface area (Å²) < 4.78 is 18.3. The number of aryl methyl sites for hydroxylation is 1. The molecule has 1 aliphatic rings. The number of carbonyl (C=O) groups is 2. The molecule has 8 heteroatoms. The number of aromatic nitrogens is 1. The molecule has 0 aliphatic carbocycles. The molecule has 2 aromatic heterocycles. The van der Waals surface area contributed by atoms with E-state index >= 15 is 0 Å². The van der Waals surface area contributed by atoms with Gasteiger partial charge in [-0.3, -0.25) is 14.5 Å². The lowest BCUT2D eigenvalue weighted by Gasteiger charge is -2.21. The van der Waals surface area contributed by atoms with Crippen LogP contribution in [0.2, 0.25) is 0 Å². The maximum atomic E-state index is 13.2. The van der Waals surface area contributed by atoms with Gasteiger partial charge in [0.1, 0.15) is 23.4 Å². The fourth-order valence-corrected chi connectivity index (χ4v) is 3.84. The highest BCUT2D eigenvalue weighted by molar-refractivity contribution is 7.10. The van der Waals surface area contributed by atoms with Gasteiger partial charge in [-0.2, -0.15) is 0 Å². The molecule has 4 rings (SSSR count). The van der Waals surface area contributed by atoms with E-state index in [1.54, 1.807) is 30.5 Å². The Kier molecular flexibility index (Phi) is 4.12. The summed E-state index contributed by atoms with van der Waals surface area (Å²) in [7, 11) is 0. The summed E-state index contributed by atoms with van der Waals surface area (Å²) in [5, 5.41) is 16.4. The Bertz CT molecular complexity index is 1050. The first-order valence-electron chi connectivity index (χ1n) is 8.01. The zero-order valence-electron chi connectivity index (χ0n) is 14.0. The molecule has 0 saturated carbocycles. The Balaban J connectivity index is 1.92. The third-order valence-electron chi connectivity index (χ3n) is 4.24. The first kappa shape index (κ1) is 17.2. The number of ketones is 1. The second-order valence-electron chi connectivity index (χ2n) is 5.99. The predicted molar refractivity (Wildman–Crippen MR) is 96.7 cm³/mol. The van der Waals surface area contributed by atoms with Gasteiger partial charge < -0.3 is 9.63 Å². The van der Waals surface area contributed by atoms with Crippen LogP contribution in [-0.2, 0) is 9.59 Å². The van der Waals surface area contributed by atoms with Crippen molar-refractivity contribution in [2.24, 2.45) is 0 Å². The van der Waals surface area contributed by atoms with Gasteiger partial charge in [-0.15, -0.1) is 11.3 Å². The molecule has 1 saturated heterocycles. The highest BCUT2D eigenvalue weighted by Gasteiger charge is 2.48. The lowest BCUT2D eigenvalue weighted by atomic mass is 10.00. The largest absolute Gasteiger partial charge is 0.507 e. The first-order valence-corrected chi connectivity index (χ1v) is 8.89. The van der Waals surface area contributed by atoms with E-state index < -0.39 is 23.5 Å². The van der Waals surface area contributed by atoms with Gasteiger partial charge in [0.15, 0.2) is 5.82 Å². The Morgan fingerprint density at radius 3 is 2.59 bits per heavy atom. The molecule has 3 heterocycles. The van der Waals surface area contributed by atoms with E-state index in [9.17, 15) is 19.1 Å². The molecule has 1 aromatic carbocycles. The van der Waals surface area contributed by atoms with E-state index in [1.807, 2.05) is 0 Å². The molecule has 1 N–H and O–H groups in total. The molecular weight excluding hydrogens is 371 g/mol. The fraction of sp³-hybridized carbons (Fsp3) is 0.105. The van der Waals surface area contributed by atoms with Crippen molar-refractivity contribution < 1.29 is 23.6 Å². The number of hydrogen-bond acceptors (Lipinski definition) is 6. The molecular formula is C19H13FN2O4S. The van der Waals surface area contributed by atoms with Crippen molar-refractivity contribution in [1.29, 1.82) is 0 Å². The number of benzene rings is 1. The fourth-order valence-electron chi connectivity index (χ4n) is 3.01. The van der Waals surface area contributed by atoms with Gasteiger partial charge in [0, 0.05) is 16.5 Å². The number of hydrogen-bond donors (Lipinski definition) is 1. The minimum Gasteiger partial charge on any atom is -0.507 e. The van der Waals surface area contributed by atoms with E-state index in [0.717, 1.165) is 0 Å². The Morgan fingerprint density at radius 1 is 1.26 bits per heavy atom. The topological polar surface area (TPSA) is 83.6 Å². The molecule has 0 spiro atoms. The number of halogens is 1. The SMILES string of the molecule is Cc1cc(N2C(=O)C(=O)C(=C(O)c3ccc(F)cc3)[C@@H]2c2cccs2)no1.